The number of likely N-dealkylation sites (tertiary alicyclic amines) is 1. The molecule has 1 aromatic heterocycles. The van der Waals surface area contributed by atoms with Gasteiger partial charge in [-0.1, -0.05) is 0 Å². The Balaban J connectivity index is 0.00000200. The van der Waals surface area contributed by atoms with Crippen molar-refractivity contribution >= 4 is 52.5 Å². The van der Waals surface area contributed by atoms with Crippen LogP contribution >= 0.6 is 40.7 Å². The van der Waals surface area contributed by atoms with E-state index in [2.05, 4.69) is 31.1 Å². The van der Waals surface area contributed by atoms with Crippen molar-refractivity contribution < 1.29 is 4.79 Å². The second-order valence-electron chi connectivity index (χ2n) is 5.05. The predicted molar refractivity (Wildman–Crippen MR) is 93.3 cm³/mol. The second kappa shape index (κ2) is 9.58. The van der Waals surface area contributed by atoms with Gasteiger partial charge in [0, 0.05) is 23.3 Å². The molecule has 1 aliphatic rings. The molecule has 2 unspecified atom stereocenters. The number of hydrogen-bond acceptors (Lipinski definition) is 4. The van der Waals surface area contributed by atoms with Crippen molar-refractivity contribution in [2.24, 2.45) is 11.7 Å². The molecule has 3 N–H and O–H groups in total. The molecule has 5 nitrogen and oxygen atoms in total. The molecule has 0 aliphatic carbocycles. The third kappa shape index (κ3) is 6.48. The van der Waals surface area contributed by atoms with Gasteiger partial charge in [-0.15, -0.1) is 24.8 Å². The van der Waals surface area contributed by atoms with Gasteiger partial charge in [0.2, 0.25) is 5.91 Å². The fourth-order valence-corrected chi connectivity index (χ4v) is 2.51. The highest BCUT2D eigenvalue weighted by atomic mass is 79.9. The molecule has 0 aromatic carbocycles. The van der Waals surface area contributed by atoms with Crippen LogP contribution in [0, 0.1) is 5.92 Å². The van der Waals surface area contributed by atoms with Crippen LogP contribution in [-0.4, -0.2) is 41.5 Å². The molecule has 0 radical (unpaired) electrons. The lowest BCUT2D eigenvalue weighted by molar-refractivity contribution is -0.117. The van der Waals surface area contributed by atoms with Crippen LogP contribution in [0.25, 0.3) is 0 Å². The van der Waals surface area contributed by atoms with E-state index in [1.54, 1.807) is 12.3 Å². The van der Waals surface area contributed by atoms with Crippen LogP contribution in [0.2, 0.25) is 0 Å². The monoisotopic (exact) mass is 398 g/mol. The van der Waals surface area contributed by atoms with E-state index in [1.807, 2.05) is 13.0 Å². The summed E-state index contributed by atoms with van der Waals surface area (Å²) in [6.07, 6.45) is 2.74. The smallest absolute Gasteiger partial charge is 0.239 e. The first-order valence-corrected chi connectivity index (χ1v) is 7.23. The molecule has 21 heavy (non-hydrogen) atoms. The van der Waals surface area contributed by atoms with Gasteiger partial charge in [0.05, 0.1) is 6.54 Å². The molecule has 0 spiro atoms. The quantitative estimate of drug-likeness (QED) is 0.814. The van der Waals surface area contributed by atoms with Crippen molar-refractivity contribution in [2.75, 3.05) is 25.0 Å². The van der Waals surface area contributed by atoms with Crippen LogP contribution in [0.15, 0.2) is 22.8 Å². The van der Waals surface area contributed by atoms with Crippen LogP contribution in [0.5, 0.6) is 0 Å². The summed E-state index contributed by atoms with van der Waals surface area (Å²) in [7, 11) is 0. The zero-order valence-corrected chi connectivity index (χ0v) is 15.0. The van der Waals surface area contributed by atoms with E-state index >= 15 is 0 Å². The Labute approximate surface area is 146 Å². The van der Waals surface area contributed by atoms with E-state index in [1.165, 1.54) is 0 Å². The summed E-state index contributed by atoms with van der Waals surface area (Å²) in [4.78, 5) is 18.2. The highest BCUT2D eigenvalue weighted by Gasteiger charge is 2.26. The third-order valence-corrected chi connectivity index (χ3v) is 3.88. The van der Waals surface area contributed by atoms with E-state index in [-0.39, 0.29) is 36.8 Å². The minimum absolute atomic E-state index is 0. The molecule has 2 heterocycles. The van der Waals surface area contributed by atoms with Gasteiger partial charge in [0.25, 0.3) is 0 Å². The van der Waals surface area contributed by atoms with Crippen molar-refractivity contribution in [3.63, 3.8) is 0 Å². The molecule has 1 amide bonds. The number of amides is 1. The van der Waals surface area contributed by atoms with Gasteiger partial charge in [-0.25, -0.2) is 4.98 Å². The summed E-state index contributed by atoms with van der Waals surface area (Å²) in [6.45, 7) is 4.27. The standard InChI is InChI=1S/C13H19BrN4O.2ClH/c1-9(15)10-4-5-18(7-10)8-13(19)17-12-3-2-11(14)6-16-12;;/h2-3,6,9-10H,4-5,7-8,15H2,1H3,(H,16,17,19);2*1H. The Bertz CT molecular complexity index is 444. The van der Waals surface area contributed by atoms with Crippen LogP contribution in [0.3, 0.4) is 0 Å². The van der Waals surface area contributed by atoms with Gasteiger partial charge in [-0.2, -0.15) is 0 Å². The molecule has 8 heteroatoms. The minimum Gasteiger partial charge on any atom is -0.328 e. The van der Waals surface area contributed by atoms with Gasteiger partial charge < -0.3 is 11.1 Å². The highest BCUT2D eigenvalue weighted by Crippen LogP contribution is 2.18. The molecule has 1 saturated heterocycles. The van der Waals surface area contributed by atoms with Gasteiger partial charge >= 0.3 is 0 Å². The SMILES string of the molecule is CC(N)C1CCN(CC(=O)Nc2ccc(Br)cn2)C1.Cl.Cl. The topological polar surface area (TPSA) is 71.2 Å². The number of anilines is 1. The first-order chi connectivity index (χ1) is 9.04. The number of pyridine rings is 1. The zero-order valence-electron chi connectivity index (χ0n) is 11.8. The normalized spacial score (nSPS) is 19.3. The number of nitrogens with one attached hydrogen (secondary N) is 1. The predicted octanol–water partition coefficient (Wildman–Crippen LogP) is 2.30. The first kappa shape index (κ1) is 20.6. The lowest BCUT2D eigenvalue weighted by Crippen LogP contribution is -2.34. The summed E-state index contributed by atoms with van der Waals surface area (Å²) in [5, 5.41) is 2.80. The number of hydrogen-bond donors (Lipinski definition) is 2. The first-order valence-electron chi connectivity index (χ1n) is 6.44. The molecular formula is C13H21BrCl2N4O. The molecule has 0 saturated carbocycles. The molecule has 1 fully saturated rings. The maximum absolute atomic E-state index is 11.9. The van der Waals surface area contributed by atoms with E-state index in [0.717, 1.165) is 24.0 Å². The molecule has 0 bridgehead atoms. The molecule has 2 rings (SSSR count). The third-order valence-electron chi connectivity index (χ3n) is 3.41. The van der Waals surface area contributed by atoms with Crippen LogP contribution in [0.1, 0.15) is 13.3 Å². The van der Waals surface area contributed by atoms with Crippen molar-refractivity contribution in [3.8, 4) is 0 Å². The number of halogens is 3. The zero-order chi connectivity index (χ0) is 13.8. The van der Waals surface area contributed by atoms with Crippen molar-refractivity contribution in [1.29, 1.82) is 0 Å². The number of nitrogens with two attached hydrogens (primary N) is 1. The number of carbonyl (C=O) groups is 1. The summed E-state index contributed by atoms with van der Waals surface area (Å²) in [6, 6.07) is 3.82. The molecule has 1 aliphatic heterocycles. The van der Waals surface area contributed by atoms with E-state index < -0.39 is 0 Å². The van der Waals surface area contributed by atoms with E-state index in [4.69, 9.17) is 5.73 Å². The summed E-state index contributed by atoms with van der Waals surface area (Å²) in [5.74, 6) is 1.05. The summed E-state index contributed by atoms with van der Waals surface area (Å²) >= 11 is 3.31. The van der Waals surface area contributed by atoms with Crippen molar-refractivity contribution in [3.05, 3.63) is 22.8 Å². The average molecular weight is 400 g/mol. The Hall–Kier alpha value is -0.400. The number of carbonyl (C=O) groups excluding carboxylic acids is 1. The summed E-state index contributed by atoms with van der Waals surface area (Å²) in [5.41, 5.74) is 5.89. The fourth-order valence-electron chi connectivity index (χ4n) is 2.27. The molecule has 1 aromatic rings. The lowest BCUT2D eigenvalue weighted by Gasteiger charge is -2.17. The minimum atomic E-state index is -0.0276. The van der Waals surface area contributed by atoms with E-state index in [9.17, 15) is 4.79 Å². The van der Waals surface area contributed by atoms with Gasteiger partial charge in [-0.05, 0) is 53.9 Å². The van der Waals surface area contributed by atoms with Crippen LogP contribution in [-0.2, 0) is 4.79 Å². The lowest BCUT2D eigenvalue weighted by atomic mass is 10.0. The Morgan fingerprint density at radius 2 is 2.29 bits per heavy atom. The molecular weight excluding hydrogens is 379 g/mol. The van der Waals surface area contributed by atoms with Crippen LogP contribution < -0.4 is 11.1 Å². The van der Waals surface area contributed by atoms with Crippen molar-refractivity contribution in [2.45, 2.75) is 19.4 Å². The second-order valence-corrected chi connectivity index (χ2v) is 5.97. The molecule has 120 valence electrons. The highest BCUT2D eigenvalue weighted by molar-refractivity contribution is 9.10. The van der Waals surface area contributed by atoms with Crippen molar-refractivity contribution in [1.82, 2.24) is 9.88 Å². The molecule has 2 atom stereocenters. The Kier molecular flexibility index (Phi) is 9.40. The summed E-state index contributed by atoms with van der Waals surface area (Å²) < 4.78 is 0.893. The largest absolute Gasteiger partial charge is 0.328 e. The Morgan fingerprint density at radius 3 is 2.81 bits per heavy atom. The maximum atomic E-state index is 11.9. The number of aromatic nitrogens is 1. The fraction of sp³-hybridized carbons (Fsp3) is 0.538. The average Bonchev–Trinajstić information content (AvgIpc) is 2.80. The van der Waals surface area contributed by atoms with Gasteiger partial charge in [-0.3, -0.25) is 9.69 Å². The van der Waals surface area contributed by atoms with Crippen LogP contribution in [0.4, 0.5) is 5.82 Å². The van der Waals surface area contributed by atoms with Gasteiger partial charge in [0.1, 0.15) is 5.82 Å². The Morgan fingerprint density at radius 1 is 1.57 bits per heavy atom. The van der Waals surface area contributed by atoms with Gasteiger partial charge in [0.15, 0.2) is 0 Å². The number of rotatable bonds is 4. The van der Waals surface area contributed by atoms with E-state index in [0.29, 0.717) is 18.3 Å². The maximum Gasteiger partial charge on any atom is 0.239 e. The number of nitrogens with zero attached hydrogens (tertiary/aromatic N) is 2.